The number of nitrogens with zero attached hydrogens (tertiary/aromatic N) is 2. The SMILES string of the molecule is CCCS(=O)(=O)CCCCCN1C(=O)C(c2ccccc2)(c2ccccc2)N=C1N. The molecule has 1 heterocycles. The minimum atomic E-state index is -2.97. The van der Waals surface area contributed by atoms with Crippen LogP contribution in [0, 0.1) is 0 Å². The van der Waals surface area contributed by atoms with E-state index < -0.39 is 15.4 Å². The number of hydrogen-bond donors (Lipinski definition) is 1. The summed E-state index contributed by atoms with van der Waals surface area (Å²) in [5, 5.41) is 0. The molecule has 2 aromatic rings. The van der Waals surface area contributed by atoms with Gasteiger partial charge in [0.15, 0.2) is 11.5 Å². The molecule has 6 nitrogen and oxygen atoms in total. The number of hydrogen-bond acceptors (Lipinski definition) is 5. The zero-order valence-electron chi connectivity index (χ0n) is 17.3. The quantitative estimate of drug-likeness (QED) is 0.590. The van der Waals surface area contributed by atoms with Crippen molar-refractivity contribution in [1.82, 2.24) is 4.90 Å². The van der Waals surface area contributed by atoms with Crippen LogP contribution in [0.5, 0.6) is 0 Å². The van der Waals surface area contributed by atoms with Crippen LogP contribution in [0.15, 0.2) is 65.7 Å². The molecule has 1 amide bonds. The Morgan fingerprint density at radius 1 is 0.900 bits per heavy atom. The van der Waals surface area contributed by atoms with E-state index in [0.29, 0.717) is 32.2 Å². The van der Waals surface area contributed by atoms with Crippen LogP contribution in [-0.2, 0) is 20.2 Å². The maximum absolute atomic E-state index is 13.6. The summed E-state index contributed by atoms with van der Waals surface area (Å²) in [5.41, 5.74) is 6.57. The third kappa shape index (κ3) is 4.56. The highest BCUT2D eigenvalue weighted by Crippen LogP contribution is 2.39. The molecule has 2 N–H and O–H groups in total. The van der Waals surface area contributed by atoms with Gasteiger partial charge in [-0.2, -0.15) is 0 Å². The van der Waals surface area contributed by atoms with E-state index in [1.165, 1.54) is 4.90 Å². The first kappa shape index (κ1) is 22.0. The van der Waals surface area contributed by atoms with Gasteiger partial charge in [0.05, 0.1) is 5.75 Å². The summed E-state index contributed by atoms with van der Waals surface area (Å²) in [7, 11) is -2.97. The Balaban J connectivity index is 1.74. The molecule has 0 atom stereocenters. The molecule has 7 heteroatoms. The fraction of sp³-hybridized carbons (Fsp3) is 0.391. The number of amides is 1. The lowest BCUT2D eigenvalue weighted by molar-refractivity contribution is -0.130. The number of nitrogens with two attached hydrogens (primary N) is 1. The van der Waals surface area contributed by atoms with Crippen molar-refractivity contribution in [3.05, 3.63) is 71.8 Å². The largest absolute Gasteiger partial charge is 0.369 e. The number of guanidine groups is 1. The van der Waals surface area contributed by atoms with Crippen molar-refractivity contribution in [3.63, 3.8) is 0 Å². The van der Waals surface area contributed by atoms with Gasteiger partial charge in [0.25, 0.3) is 5.91 Å². The van der Waals surface area contributed by atoms with Crippen LogP contribution in [0.4, 0.5) is 0 Å². The van der Waals surface area contributed by atoms with E-state index >= 15 is 0 Å². The second kappa shape index (κ2) is 9.43. The van der Waals surface area contributed by atoms with Gasteiger partial charge < -0.3 is 5.73 Å². The highest BCUT2D eigenvalue weighted by molar-refractivity contribution is 7.91. The molecule has 2 aromatic carbocycles. The van der Waals surface area contributed by atoms with Crippen LogP contribution in [0.1, 0.15) is 43.7 Å². The van der Waals surface area contributed by atoms with E-state index in [1.807, 2.05) is 67.6 Å². The van der Waals surface area contributed by atoms with E-state index in [-0.39, 0.29) is 23.4 Å². The van der Waals surface area contributed by atoms with Gasteiger partial charge in [-0.1, -0.05) is 74.0 Å². The van der Waals surface area contributed by atoms with Gasteiger partial charge in [0.2, 0.25) is 0 Å². The Morgan fingerprint density at radius 2 is 1.47 bits per heavy atom. The fourth-order valence-corrected chi connectivity index (χ4v) is 5.35. The number of benzene rings is 2. The minimum Gasteiger partial charge on any atom is -0.369 e. The molecule has 3 rings (SSSR count). The van der Waals surface area contributed by atoms with Crippen molar-refractivity contribution in [3.8, 4) is 0 Å². The fourth-order valence-electron chi connectivity index (χ4n) is 3.88. The van der Waals surface area contributed by atoms with E-state index in [9.17, 15) is 13.2 Å². The lowest BCUT2D eigenvalue weighted by Gasteiger charge is -2.27. The zero-order valence-corrected chi connectivity index (χ0v) is 18.1. The molecule has 0 radical (unpaired) electrons. The maximum atomic E-state index is 13.6. The number of aliphatic imine (C=N–C) groups is 1. The summed E-state index contributed by atoms with van der Waals surface area (Å²) in [6.07, 6.45) is 2.61. The predicted molar refractivity (Wildman–Crippen MR) is 120 cm³/mol. The average Bonchev–Trinajstić information content (AvgIpc) is 3.00. The second-order valence-corrected chi connectivity index (χ2v) is 9.89. The normalized spacial score (nSPS) is 16.0. The van der Waals surface area contributed by atoms with Crippen LogP contribution in [0.25, 0.3) is 0 Å². The molecular weight excluding hydrogens is 398 g/mol. The van der Waals surface area contributed by atoms with Crippen molar-refractivity contribution in [1.29, 1.82) is 0 Å². The van der Waals surface area contributed by atoms with Gasteiger partial charge in [-0.3, -0.25) is 9.69 Å². The third-order valence-electron chi connectivity index (χ3n) is 5.35. The van der Waals surface area contributed by atoms with Gasteiger partial charge in [-0.05, 0) is 30.4 Å². The Morgan fingerprint density at radius 3 is 2.00 bits per heavy atom. The Bertz CT molecular complexity index is 949. The molecule has 0 saturated heterocycles. The predicted octanol–water partition coefficient (Wildman–Crippen LogP) is 3.08. The third-order valence-corrected chi connectivity index (χ3v) is 7.29. The topological polar surface area (TPSA) is 92.8 Å². The minimum absolute atomic E-state index is 0.170. The highest BCUT2D eigenvalue weighted by Gasteiger charge is 2.50. The van der Waals surface area contributed by atoms with Gasteiger partial charge in [-0.25, -0.2) is 13.4 Å². The maximum Gasteiger partial charge on any atom is 0.266 e. The molecule has 0 bridgehead atoms. The summed E-state index contributed by atoms with van der Waals surface area (Å²) in [6.45, 7) is 2.29. The second-order valence-electron chi connectivity index (χ2n) is 7.58. The van der Waals surface area contributed by atoms with Crippen molar-refractivity contribution in [2.75, 3.05) is 18.1 Å². The van der Waals surface area contributed by atoms with E-state index in [4.69, 9.17) is 5.73 Å². The zero-order chi connectivity index (χ0) is 21.6. The highest BCUT2D eigenvalue weighted by atomic mass is 32.2. The first-order valence-corrected chi connectivity index (χ1v) is 12.2. The lowest BCUT2D eigenvalue weighted by atomic mass is 9.83. The average molecular weight is 428 g/mol. The number of carbonyl (C=O) groups excluding carboxylic acids is 1. The van der Waals surface area contributed by atoms with Crippen molar-refractivity contribution >= 4 is 21.7 Å². The smallest absolute Gasteiger partial charge is 0.266 e. The molecule has 0 fully saturated rings. The van der Waals surface area contributed by atoms with Gasteiger partial charge in [0.1, 0.15) is 9.84 Å². The summed E-state index contributed by atoms with van der Waals surface area (Å²) < 4.78 is 23.7. The lowest BCUT2D eigenvalue weighted by Crippen LogP contribution is -2.44. The number of sulfone groups is 1. The number of rotatable bonds is 10. The molecule has 1 aliphatic rings. The first-order chi connectivity index (χ1) is 14.4. The summed E-state index contributed by atoms with van der Waals surface area (Å²) >= 11 is 0. The van der Waals surface area contributed by atoms with Crippen molar-refractivity contribution in [2.24, 2.45) is 10.7 Å². The van der Waals surface area contributed by atoms with E-state index in [2.05, 4.69) is 4.99 Å². The Hall–Kier alpha value is -2.67. The van der Waals surface area contributed by atoms with Crippen LogP contribution in [-0.4, -0.2) is 43.2 Å². The molecule has 30 heavy (non-hydrogen) atoms. The van der Waals surface area contributed by atoms with Crippen LogP contribution >= 0.6 is 0 Å². The van der Waals surface area contributed by atoms with Crippen molar-refractivity contribution in [2.45, 2.75) is 38.1 Å². The van der Waals surface area contributed by atoms with Crippen molar-refractivity contribution < 1.29 is 13.2 Å². The van der Waals surface area contributed by atoms with Crippen LogP contribution < -0.4 is 5.73 Å². The first-order valence-electron chi connectivity index (χ1n) is 10.4. The summed E-state index contributed by atoms with van der Waals surface area (Å²) in [5.74, 6) is 0.451. The van der Waals surface area contributed by atoms with Gasteiger partial charge >= 0.3 is 0 Å². The van der Waals surface area contributed by atoms with Gasteiger partial charge in [-0.15, -0.1) is 0 Å². The molecule has 160 valence electrons. The Kier molecular flexibility index (Phi) is 6.92. The standard InChI is InChI=1S/C23H29N3O3S/c1-2-17-30(28,29)18-11-5-10-16-26-21(27)23(25-22(26)24,19-12-6-3-7-13-19)20-14-8-4-9-15-20/h3-4,6-9,12-15H,2,5,10-11,16-18H2,1H3,(H2,24,25). The number of unbranched alkanes of at least 4 members (excludes halogenated alkanes) is 2. The molecule has 0 aromatic heterocycles. The molecule has 0 saturated carbocycles. The molecule has 1 aliphatic heterocycles. The van der Waals surface area contributed by atoms with Crippen LogP contribution in [0.2, 0.25) is 0 Å². The Labute approximate surface area is 178 Å². The van der Waals surface area contributed by atoms with E-state index in [0.717, 1.165) is 11.1 Å². The van der Waals surface area contributed by atoms with Gasteiger partial charge in [0, 0.05) is 12.3 Å². The molecule has 0 spiro atoms. The summed E-state index contributed by atoms with van der Waals surface area (Å²) in [6, 6.07) is 18.9. The number of carbonyl (C=O) groups is 1. The molecular formula is C23H29N3O3S. The monoisotopic (exact) mass is 427 g/mol. The summed E-state index contributed by atoms with van der Waals surface area (Å²) in [4.78, 5) is 19.8. The molecule has 0 unspecified atom stereocenters. The van der Waals surface area contributed by atoms with Crippen LogP contribution in [0.3, 0.4) is 0 Å². The molecule has 0 aliphatic carbocycles. The van der Waals surface area contributed by atoms with E-state index in [1.54, 1.807) is 0 Å².